The highest BCUT2D eigenvalue weighted by molar-refractivity contribution is 5.96. The third-order valence-electron chi connectivity index (χ3n) is 2.15. The molecule has 0 saturated carbocycles. The predicted octanol–water partition coefficient (Wildman–Crippen LogP) is 2.05. The number of ether oxygens (including phenoxy) is 1. The summed E-state index contributed by atoms with van der Waals surface area (Å²) in [4.78, 5) is 22.4. The maximum Gasteiger partial charge on any atom is 0.573 e. The van der Waals surface area contributed by atoms with Gasteiger partial charge in [-0.25, -0.2) is 0 Å². The van der Waals surface area contributed by atoms with Crippen molar-refractivity contribution in [2.75, 3.05) is 5.32 Å². The van der Waals surface area contributed by atoms with Crippen molar-refractivity contribution in [3.63, 3.8) is 0 Å². The number of hydrogen-bond donors (Lipinski definition) is 2. The second-order valence-corrected chi connectivity index (χ2v) is 3.99. The molecule has 110 valence electrons. The summed E-state index contributed by atoms with van der Waals surface area (Å²) in [5, 5.41) is 4.73. The van der Waals surface area contributed by atoms with Crippen LogP contribution in [0.1, 0.15) is 13.8 Å². The molecule has 0 aliphatic rings. The number of anilines is 1. The van der Waals surface area contributed by atoms with Crippen LogP contribution in [0.5, 0.6) is 5.75 Å². The first-order valence-electron chi connectivity index (χ1n) is 5.61. The Bertz CT molecular complexity index is 503. The fourth-order valence-corrected chi connectivity index (χ4v) is 1.39. The van der Waals surface area contributed by atoms with Crippen LogP contribution in [0, 0.1) is 0 Å². The molecule has 1 aromatic rings. The van der Waals surface area contributed by atoms with Gasteiger partial charge in [-0.2, -0.15) is 0 Å². The average Bonchev–Trinajstić information content (AvgIpc) is 2.25. The SMILES string of the molecule is CC(=O)NC(C)C(=O)Nc1cccc(OC(F)(F)F)c1. The Kier molecular flexibility index (Phi) is 4.95. The topological polar surface area (TPSA) is 67.4 Å². The van der Waals surface area contributed by atoms with Gasteiger partial charge in [-0.15, -0.1) is 13.2 Å². The number of amides is 2. The van der Waals surface area contributed by atoms with E-state index in [0.717, 1.165) is 12.1 Å². The fourth-order valence-electron chi connectivity index (χ4n) is 1.39. The fraction of sp³-hybridized carbons (Fsp3) is 0.333. The number of carbonyl (C=O) groups excluding carboxylic acids is 2. The Labute approximate surface area is 113 Å². The highest BCUT2D eigenvalue weighted by Gasteiger charge is 2.31. The first-order chi connectivity index (χ1) is 9.17. The minimum absolute atomic E-state index is 0.133. The van der Waals surface area contributed by atoms with Crippen LogP contribution in [0.2, 0.25) is 0 Å². The number of halogens is 3. The van der Waals surface area contributed by atoms with Gasteiger partial charge in [-0.3, -0.25) is 9.59 Å². The van der Waals surface area contributed by atoms with Gasteiger partial charge < -0.3 is 15.4 Å². The Morgan fingerprint density at radius 3 is 2.50 bits per heavy atom. The quantitative estimate of drug-likeness (QED) is 0.891. The molecule has 0 saturated heterocycles. The van der Waals surface area contributed by atoms with Crippen LogP contribution in [0.25, 0.3) is 0 Å². The summed E-state index contributed by atoms with van der Waals surface area (Å²) in [5.74, 6) is -1.38. The van der Waals surface area contributed by atoms with E-state index in [1.54, 1.807) is 0 Å². The Hall–Kier alpha value is -2.25. The van der Waals surface area contributed by atoms with E-state index in [-0.39, 0.29) is 11.6 Å². The van der Waals surface area contributed by atoms with E-state index >= 15 is 0 Å². The molecule has 1 unspecified atom stereocenters. The maximum absolute atomic E-state index is 12.1. The van der Waals surface area contributed by atoms with Crippen molar-refractivity contribution >= 4 is 17.5 Å². The molecule has 0 bridgehead atoms. The molecule has 0 aliphatic carbocycles. The molecule has 0 radical (unpaired) electrons. The molecule has 1 aromatic carbocycles. The van der Waals surface area contributed by atoms with Gasteiger partial charge in [0.2, 0.25) is 11.8 Å². The number of benzene rings is 1. The van der Waals surface area contributed by atoms with Gasteiger partial charge in [0.05, 0.1) is 0 Å². The molecule has 1 rings (SSSR count). The minimum Gasteiger partial charge on any atom is -0.406 e. The van der Waals surface area contributed by atoms with Gasteiger partial charge in [0.15, 0.2) is 0 Å². The van der Waals surface area contributed by atoms with Crippen LogP contribution in [-0.2, 0) is 9.59 Å². The van der Waals surface area contributed by atoms with Crippen molar-refractivity contribution in [2.45, 2.75) is 26.3 Å². The lowest BCUT2D eigenvalue weighted by molar-refractivity contribution is -0.274. The molecule has 5 nitrogen and oxygen atoms in total. The highest BCUT2D eigenvalue weighted by Crippen LogP contribution is 2.25. The zero-order chi connectivity index (χ0) is 15.3. The van der Waals surface area contributed by atoms with Gasteiger partial charge in [-0.1, -0.05) is 6.07 Å². The number of carbonyl (C=O) groups is 2. The van der Waals surface area contributed by atoms with Crippen molar-refractivity contribution in [2.24, 2.45) is 0 Å². The van der Waals surface area contributed by atoms with Crippen LogP contribution in [-0.4, -0.2) is 24.2 Å². The molecular weight excluding hydrogens is 277 g/mol. The predicted molar refractivity (Wildman–Crippen MR) is 65.0 cm³/mol. The molecular formula is C12H13F3N2O3. The van der Waals surface area contributed by atoms with Crippen LogP contribution in [0.3, 0.4) is 0 Å². The number of rotatable bonds is 4. The molecule has 8 heteroatoms. The van der Waals surface area contributed by atoms with Crippen molar-refractivity contribution in [3.05, 3.63) is 24.3 Å². The lowest BCUT2D eigenvalue weighted by Gasteiger charge is -2.14. The number of hydrogen-bond acceptors (Lipinski definition) is 3. The highest BCUT2D eigenvalue weighted by atomic mass is 19.4. The number of alkyl halides is 3. The molecule has 2 amide bonds. The van der Waals surface area contributed by atoms with Crippen molar-refractivity contribution in [1.82, 2.24) is 5.32 Å². The largest absolute Gasteiger partial charge is 0.573 e. The van der Waals surface area contributed by atoms with Crippen molar-refractivity contribution in [3.8, 4) is 5.75 Å². The Morgan fingerprint density at radius 1 is 1.30 bits per heavy atom. The van der Waals surface area contributed by atoms with E-state index in [9.17, 15) is 22.8 Å². The van der Waals surface area contributed by atoms with Gasteiger partial charge in [0, 0.05) is 18.7 Å². The maximum atomic E-state index is 12.1. The van der Waals surface area contributed by atoms with Crippen LogP contribution >= 0.6 is 0 Å². The lowest BCUT2D eigenvalue weighted by Crippen LogP contribution is -2.40. The molecule has 0 fully saturated rings. The van der Waals surface area contributed by atoms with E-state index in [1.165, 1.54) is 26.0 Å². The van der Waals surface area contributed by atoms with Crippen molar-refractivity contribution in [1.29, 1.82) is 0 Å². The average molecular weight is 290 g/mol. The second-order valence-electron chi connectivity index (χ2n) is 3.99. The second kappa shape index (κ2) is 6.27. The van der Waals surface area contributed by atoms with Crippen molar-refractivity contribution < 1.29 is 27.5 Å². The summed E-state index contributed by atoms with van der Waals surface area (Å²) in [5.41, 5.74) is 0.133. The van der Waals surface area contributed by atoms with Gasteiger partial charge in [-0.05, 0) is 19.1 Å². The molecule has 0 aromatic heterocycles. The molecule has 20 heavy (non-hydrogen) atoms. The van der Waals surface area contributed by atoms with E-state index in [2.05, 4.69) is 15.4 Å². The van der Waals surface area contributed by atoms with E-state index < -0.39 is 24.1 Å². The molecule has 0 heterocycles. The molecule has 1 atom stereocenters. The summed E-state index contributed by atoms with van der Waals surface area (Å²) in [7, 11) is 0. The zero-order valence-corrected chi connectivity index (χ0v) is 10.7. The summed E-state index contributed by atoms with van der Waals surface area (Å²) in [6.07, 6.45) is -4.80. The Morgan fingerprint density at radius 2 is 1.95 bits per heavy atom. The molecule has 0 spiro atoms. The number of nitrogens with one attached hydrogen (secondary N) is 2. The summed E-state index contributed by atoms with van der Waals surface area (Å²) < 4.78 is 39.9. The van der Waals surface area contributed by atoms with Crippen LogP contribution in [0.15, 0.2) is 24.3 Å². The standard InChI is InChI=1S/C12H13F3N2O3/c1-7(16-8(2)18)11(19)17-9-4-3-5-10(6-9)20-12(13,14)15/h3-7H,1-2H3,(H,16,18)(H,17,19). The van der Waals surface area contributed by atoms with E-state index in [4.69, 9.17) is 0 Å². The lowest BCUT2D eigenvalue weighted by atomic mass is 10.2. The van der Waals surface area contributed by atoms with Gasteiger partial charge in [0.1, 0.15) is 11.8 Å². The smallest absolute Gasteiger partial charge is 0.406 e. The third-order valence-corrected chi connectivity index (χ3v) is 2.15. The Balaban J connectivity index is 2.71. The molecule has 0 aliphatic heterocycles. The first kappa shape index (κ1) is 15.8. The van der Waals surface area contributed by atoms with E-state index in [0.29, 0.717) is 0 Å². The van der Waals surface area contributed by atoms with Gasteiger partial charge in [0.25, 0.3) is 0 Å². The minimum atomic E-state index is -4.80. The van der Waals surface area contributed by atoms with Gasteiger partial charge >= 0.3 is 6.36 Å². The summed E-state index contributed by atoms with van der Waals surface area (Å²) >= 11 is 0. The first-order valence-corrected chi connectivity index (χ1v) is 5.61. The monoisotopic (exact) mass is 290 g/mol. The third kappa shape index (κ3) is 5.59. The summed E-state index contributed by atoms with van der Waals surface area (Å²) in [6.45, 7) is 2.70. The van der Waals surface area contributed by atoms with Crippen LogP contribution in [0.4, 0.5) is 18.9 Å². The summed E-state index contributed by atoms with van der Waals surface area (Å²) in [6, 6.07) is 4.05. The molecule has 2 N–H and O–H groups in total. The zero-order valence-electron chi connectivity index (χ0n) is 10.7. The van der Waals surface area contributed by atoms with Crippen LogP contribution < -0.4 is 15.4 Å². The van der Waals surface area contributed by atoms with E-state index in [1.807, 2.05) is 0 Å². The normalized spacial score (nSPS) is 12.4.